The molecule has 0 bridgehead atoms. The van der Waals surface area contributed by atoms with Crippen LogP contribution in [0.2, 0.25) is 0 Å². The summed E-state index contributed by atoms with van der Waals surface area (Å²) in [5.41, 5.74) is 4.42. The van der Waals surface area contributed by atoms with E-state index in [4.69, 9.17) is 5.84 Å². The van der Waals surface area contributed by atoms with Crippen LogP contribution >= 0.6 is 0 Å². The number of nitrogens with one attached hydrogen (secondary N) is 2. The van der Waals surface area contributed by atoms with Crippen molar-refractivity contribution >= 4 is 17.4 Å². The van der Waals surface area contributed by atoms with Gasteiger partial charge in [-0.25, -0.2) is 10.8 Å². The van der Waals surface area contributed by atoms with Gasteiger partial charge in [0.15, 0.2) is 5.82 Å². The topological polar surface area (TPSA) is 92.9 Å². The Morgan fingerprint density at radius 3 is 2.70 bits per heavy atom. The van der Waals surface area contributed by atoms with E-state index < -0.39 is 0 Å². The zero-order chi connectivity index (χ0) is 14.5. The molecule has 0 atom stereocenters. The molecule has 0 saturated heterocycles. The highest BCUT2D eigenvalue weighted by molar-refractivity contribution is 6.03. The average Bonchev–Trinajstić information content (AvgIpc) is 2.47. The molecule has 0 unspecified atom stereocenters. The lowest BCUT2D eigenvalue weighted by atomic mass is 10.0. The standard InChI is InChI=1S/C14H17N5O/c1-9(2)10-5-3-4-6-11(10)18-14(20)12-7-16-8-13(17-12)19-15/h3-9H,15H2,1-2H3,(H,17,19)(H,18,20). The van der Waals surface area contributed by atoms with Crippen LogP contribution in [-0.2, 0) is 0 Å². The zero-order valence-corrected chi connectivity index (χ0v) is 11.4. The predicted molar refractivity (Wildman–Crippen MR) is 78.3 cm³/mol. The maximum atomic E-state index is 12.2. The van der Waals surface area contributed by atoms with Gasteiger partial charge in [-0.1, -0.05) is 32.0 Å². The van der Waals surface area contributed by atoms with Gasteiger partial charge in [-0.2, -0.15) is 0 Å². The van der Waals surface area contributed by atoms with Gasteiger partial charge in [0.1, 0.15) is 5.69 Å². The minimum Gasteiger partial charge on any atom is -0.320 e. The average molecular weight is 271 g/mol. The van der Waals surface area contributed by atoms with Crippen molar-refractivity contribution in [1.29, 1.82) is 0 Å². The Bertz CT molecular complexity index is 612. The van der Waals surface area contributed by atoms with E-state index in [2.05, 4.69) is 34.6 Å². The Balaban J connectivity index is 2.23. The molecule has 104 valence electrons. The molecule has 20 heavy (non-hydrogen) atoms. The first kappa shape index (κ1) is 14.0. The molecule has 0 saturated carbocycles. The van der Waals surface area contributed by atoms with Gasteiger partial charge in [-0.05, 0) is 17.5 Å². The molecule has 0 aliphatic heterocycles. The fraction of sp³-hybridized carbons (Fsp3) is 0.214. The highest BCUT2D eigenvalue weighted by Crippen LogP contribution is 2.23. The van der Waals surface area contributed by atoms with Crippen molar-refractivity contribution in [2.75, 3.05) is 10.7 Å². The second-order valence-corrected chi connectivity index (χ2v) is 4.63. The van der Waals surface area contributed by atoms with E-state index in [1.807, 2.05) is 24.3 Å². The molecule has 0 radical (unpaired) electrons. The third kappa shape index (κ3) is 3.10. The number of aromatic nitrogens is 2. The van der Waals surface area contributed by atoms with Crippen LogP contribution in [0.3, 0.4) is 0 Å². The Labute approximate surface area is 117 Å². The van der Waals surface area contributed by atoms with Crippen molar-refractivity contribution in [3.63, 3.8) is 0 Å². The largest absolute Gasteiger partial charge is 0.320 e. The molecule has 4 N–H and O–H groups in total. The molecule has 6 nitrogen and oxygen atoms in total. The van der Waals surface area contributed by atoms with E-state index in [1.54, 1.807) is 0 Å². The number of nitrogens with zero attached hydrogens (tertiary/aromatic N) is 2. The van der Waals surface area contributed by atoms with Crippen LogP contribution in [0, 0.1) is 0 Å². The highest BCUT2D eigenvalue weighted by Gasteiger charge is 2.12. The number of hydrogen-bond acceptors (Lipinski definition) is 5. The lowest BCUT2D eigenvalue weighted by Gasteiger charge is -2.13. The summed E-state index contributed by atoms with van der Waals surface area (Å²) in [6.07, 6.45) is 2.84. The minimum absolute atomic E-state index is 0.207. The van der Waals surface area contributed by atoms with Crippen molar-refractivity contribution in [3.8, 4) is 0 Å². The normalized spacial score (nSPS) is 10.4. The van der Waals surface area contributed by atoms with Crippen LogP contribution < -0.4 is 16.6 Å². The van der Waals surface area contributed by atoms with E-state index in [0.29, 0.717) is 11.7 Å². The van der Waals surface area contributed by atoms with Gasteiger partial charge in [0.2, 0.25) is 0 Å². The van der Waals surface area contributed by atoms with Crippen LogP contribution in [0.1, 0.15) is 35.8 Å². The van der Waals surface area contributed by atoms with Crippen molar-refractivity contribution in [2.45, 2.75) is 19.8 Å². The van der Waals surface area contributed by atoms with Crippen LogP contribution in [-0.4, -0.2) is 15.9 Å². The van der Waals surface area contributed by atoms with Crippen LogP contribution in [0.25, 0.3) is 0 Å². The fourth-order valence-corrected chi connectivity index (χ4v) is 1.85. The molecule has 0 fully saturated rings. The maximum absolute atomic E-state index is 12.2. The van der Waals surface area contributed by atoms with Gasteiger partial charge in [-0.15, -0.1) is 0 Å². The van der Waals surface area contributed by atoms with Crippen molar-refractivity contribution in [3.05, 3.63) is 47.9 Å². The molecule has 1 aromatic heterocycles. The second-order valence-electron chi connectivity index (χ2n) is 4.63. The second kappa shape index (κ2) is 6.12. The minimum atomic E-state index is -0.317. The third-order valence-electron chi connectivity index (χ3n) is 2.85. The summed E-state index contributed by atoms with van der Waals surface area (Å²) in [6.45, 7) is 4.15. The Hall–Kier alpha value is -2.47. The first-order valence-corrected chi connectivity index (χ1v) is 6.30. The maximum Gasteiger partial charge on any atom is 0.275 e. The quantitative estimate of drug-likeness (QED) is 0.585. The molecule has 0 spiro atoms. The fourth-order valence-electron chi connectivity index (χ4n) is 1.85. The van der Waals surface area contributed by atoms with E-state index in [0.717, 1.165) is 11.3 Å². The van der Waals surface area contributed by atoms with Gasteiger partial charge in [0.25, 0.3) is 5.91 Å². The van der Waals surface area contributed by atoms with E-state index in [-0.39, 0.29) is 11.6 Å². The lowest BCUT2D eigenvalue weighted by Crippen LogP contribution is -2.17. The van der Waals surface area contributed by atoms with Gasteiger partial charge in [0, 0.05) is 5.69 Å². The van der Waals surface area contributed by atoms with E-state index >= 15 is 0 Å². The summed E-state index contributed by atoms with van der Waals surface area (Å²) in [5.74, 6) is 5.59. The van der Waals surface area contributed by atoms with Crippen LogP contribution in [0.5, 0.6) is 0 Å². The first-order chi connectivity index (χ1) is 9.61. The Morgan fingerprint density at radius 2 is 2.00 bits per heavy atom. The zero-order valence-electron chi connectivity index (χ0n) is 11.4. The molecular weight excluding hydrogens is 254 g/mol. The number of benzene rings is 1. The van der Waals surface area contributed by atoms with Gasteiger partial charge in [0.05, 0.1) is 12.4 Å². The number of nitrogens with two attached hydrogens (primary N) is 1. The number of para-hydroxylation sites is 1. The number of rotatable bonds is 4. The number of carbonyl (C=O) groups excluding carboxylic acids is 1. The highest BCUT2D eigenvalue weighted by atomic mass is 16.1. The van der Waals surface area contributed by atoms with Crippen molar-refractivity contribution in [1.82, 2.24) is 9.97 Å². The monoisotopic (exact) mass is 271 g/mol. The SMILES string of the molecule is CC(C)c1ccccc1NC(=O)c1cncc(NN)n1. The van der Waals surface area contributed by atoms with Gasteiger partial charge < -0.3 is 10.7 Å². The molecule has 1 heterocycles. The predicted octanol–water partition coefficient (Wildman–Crippen LogP) is 2.14. The molecule has 2 rings (SSSR count). The Kier molecular flexibility index (Phi) is 4.27. The lowest BCUT2D eigenvalue weighted by molar-refractivity contribution is 0.102. The van der Waals surface area contributed by atoms with Gasteiger partial charge in [-0.3, -0.25) is 9.78 Å². The number of hydrogen-bond donors (Lipinski definition) is 3. The summed E-state index contributed by atoms with van der Waals surface area (Å²) >= 11 is 0. The number of anilines is 2. The Morgan fingerprint density at radius 1 is 1.25 bits per heavy atom. The third-order valence-corrected chi connectivity index (χ3v) is 2.85. The smallest absolute Gasteiger partial charge is 0.275 e. The number of nitrogen functional groups attached to an aromatic ring is 1. The first-order valence-electron chi connectivity index (χ1n) is 6.30. The number of hydrazine groups is 1. The summed E-state index contributed by atoms with van der Waals surface area (Å²) < 4.78 is 0. The summed E-state index contributed by atoms with van der Waals surface area (Å²) in [7, 11) is 0. The van der Waals surface area contributed by atoms with E-state index in [9.17, 15) is 4.79 Å². The van der Waals surface area contributed by atoms with Crippen LogP contribution in [0.15, 0.2) is 36.7 Å². The molecule has 0 aliphatic carbocycles. The number of carbonyl (C=O) groups is 1. The molecule has 6 heteroatoms. The van der Waals surface area contributed by atoms with Crippen LogP contribution in [0.4, 0.5) is 11.5 Å². The molecular formula is C14H17N5O. The molecule has 0 aliphatic rings. The molecule has 1 amide bonds. The summed E-state index contributed by atoms with van der Waals surface area (Å²) in [6, 6.07) is 7.68. The number of amides is 1. The van der Waals surface area contributed by atoms with E-state index in [1.165, 1.54) is 12.4 Å². The van der Waals surface area contributed by atoms with Crippen molar-refractivity contribution < 1.29 is 4.79 Å². The summed E-state index contributed by atoms with van der Waals surface area (Å²) in [5, 5.41) is 2.85. The van der Waals surface area contributed by atoms with Crippen molar-refractivity contribution in [2.24, 2.45) is 5.84 Å². The molecule has 2 aromatic rings. The molecule has 1 aromatic carbocycles. The van der Waals surface area contributed by atoms with Gasteiger partial charge >= 0.3 is 0 Å². The summed E-state index contributed by atoms with van der Waals surface area (Å²) in [4.78, 5) is 20.1.